The van der Waals surface area contributed by atoms with Crippen molar-refractivity contribution in [3.63, 3.8) is 0 Å². The van der Waals surface area contributed by atoms with Gasteiger partial charge in [0.15, 0.2) is 0 Å². The van der Waals surface area contributed by atoms with Crippen molar-refractivity contribution in [1.29, 1.82) is 0 Å². The Morgan fingerprint density at radius 2 is 1.91 bits per heavy atom. The second-order valence-corrected chi connectivity index (χ2v) is 13.2. The maximum Gasteiger partial charge on any atom is 0.302 e. The van der Waals surface area contributed by atoms with Crippen molar-refractivity contribution in [3.8, 4) is 0 Å². The van der Waals surface area contributed by atoms with Gasteiger partial charge in [0.05, 0.1) is 6.10 Å². The van der Waals surface area contributed by atoms with E-state index in [2.05, 4.69) is 59.8 Å². The first kappa shape index (κ1) is 23.6. The first-order chi connectivity index (χ1) is 15.5. The zero-order valence-electron chi connectivity index (χ0n) is 22.0. The largest absolute Gasteiger partial charge is 0.463 e. The molecule has 0 amide bonds. The zero-order chi connectivity index (χ0) is 23.8. The van der Waals surface area contributed by atoms with Crippen LogP contribution in [0.2, 0.25) is 0 Å². The summed E-state index contributed by atoms with van der Waals surface area (Å²) >= 11 is 0. The number of hydrogen-bond donors (Lipinski definition) is 0. The van der Waals surface area contributed by atoms with Gasteiger partial charge in [-0.3, -0.25) is 4.79 Å². The minimum absolute atomic E-state index is 0.0264. The molecule has 4 aliphatic carbocycles. The van der Waals surface area contributed by atoms with Gasteiger partial charge in [-0.05, 0) is 91.4 Å². The highest BCUT2D eigenvalue weighted by molar-refractivity contribution is 5.66. The molecule has 3 heteroatoms. The van der Waals surface area contributed by atoms with Crippen molar-refractivity contribution in [2.45, 2.75) is 111 Å². The molecule has 0 aromatic heterocycles. The van der Waals surface area contributed by atoms with Crippen LogP contribution in [0, 0.1) is 46.3 Å². The number of epoxide rings is 1. The average Bonchev–Trinajstić information content (AvgIpc) is 3.36. The van der Waals surface area contributed by atoms with E-state index >= 15 is 0 Å². The van der Waals surface area contributed by atoms with Crippen molar-refractivity contribution >= 4 is 5.97 Å². The quantitative estimate of drug-likeness (QED) is 0.252. The predicted molar refractivity (Wildman–Crippen MR) is 133 cm³/mol. The molecule has 1 spiro atoms. The standard InChI is InChI=1S/C30H46O3/c1-18(2)19(3)8-9-20(4)24-12-13-25-26-11-10-22-16-23(32-21(5)31)14-15-29(22,7)30(26)27(33-30)17-28(24,25)6/h8-9,11,18-20,22-25,27H,10,12-17H2,1-7H3/b9-8+/t19-,20-,22+,23-,24-,25+,27-,28+,29-,30+/m1/s1. The van der Waals surface area contributed by atoms with E-state index in [1.807, 2.05) is 0 Å². The van der Waals surface area contributed by atoms with Crippen LogP contribution in [0.25, 0.3) is 0 Å². The van der Waals surface area contributed by atoms with Crippen LogP contribution in [-0.4, -0.2) is 23.8 Å². The third kappa shape index (κ3) is 3.42. The molecule has 0 aromatic carbocycles. The molecule has 0 unspecified atom stereocenters. The maximum absolute atomic E-state index is 11.6. The highest BCUT2D eigenvalue weighted by Crippen LogP contribution is 2.75. The first-order valence-electron chi connectivity index (χ1n) is 13.8. The van der Waals surface area contributed by atoms with Crippen LogP contribution in [0.1, 0.15) is 93.4 Å². The normalized spacial score (nSPS) is 47.8. The summed E-state index contributed by atoms with van der Waals surface area (Å²) in [4.78, 5) is 11.6. The van der Waals surface area contributed by atoms with Gasteiger partial charge in [0.25, 0.3) is 0 Å². The van der Waals surface area contributed by atoms with Crippen LogP contribution >= 0.6 is 0 Å². The summed E-state index contributed by atoms with van der Waals surface area (Å²) in [6.45, 7) is 16.1. The summed E-state index contributed by atoms with van der Waals surface area (Å²) in [5, 5.41) is 0. The molecular weight excluding hydrogens is 408 g/mol. The number of ether oxygens (including phenoxy) is 2. The topological polar surface area (TPSA) is 38.8 Å². The van der Waals surface area contributed by atoms with Gasteiger partial charge in [0, 0.05) is 12.3 Å². The molecule has 5 rings (SSSR count). The molecule has 1 heterocycles. The minimum Gasteiger partial charge on any atom is -0.463 e. The Balaban J connectivity index is 1.38. The van der Waals surface area contributed by atoms with E-state index < -0.39 is 0 Å². The van der Waals surface area contributed by atoms with Gasteiger partial charge < -0.3 is 9.47 Å². The van der Waals surface area contributed by atoms with E-state index in [0.29, 0.717) is 41.1 Å². The van der Waals surface area contributed by atoms with Crippen LogP contribution in [0.5, 0.6) is 0 Å². The Bertz CT molecular complexity index is 857. The lowest BCUT2D eigenvalue weighted by Crippen LogP contribution is -2.56. The monoisotopic (exact) mass is 454 g/mol. The molecule has 184 valence electrons. The Kier molecular flexibility index (Phi) is 5.71. The molecule has 0 radical (unpaired) electrons. The average molecular weight is 455 g/mol. The highest BCUT2D eigenvalue weighted by Gasteiger charge is 2.77. The lowest BCUT2D eigenvalue weighted by atomic mass is 9.47. The molecule has 1 saturated heterocycles. The predicted octanol–water partition coefficient (Wildman–Crippen LogP) is 7.11. The van der Waals surface area contributed by atoms with Gasteiger partial charge in [0.2, 0.25) is 0 Å². The van der Waals surface area contributed by atoms with Gasteiger partial charge in [-0.25, -0.2) is 0 Å². The SMILES string of the molecule is CC(=O)O[C@@H]1CC[C@]2(C)[C@@H](CC=C3[C@@H]4CC[C@H]([C@H](C)/C=C/[C@@H](C)C(C)C)[C@]4(C)C[C@H]4O[C@@]342)C1. The van der Waals surface area contributed by atoms with Crippen molar-refractivity contribution in [3.05, 3.63) is 23.8 Å². The lowest BCUT2D eigenvalue weighted by molar-refractivity contribution is -0.152. The Labute approximate surface area is 201 Å². The fourth-order valence-corrected chi connectivity index (χ4v) is 8.87. The van der Waals surface area contributed by atoms with Crippen LogP contribution < -0.4 is 0 Å². The molecule has 4 fully saturated rings. The van der Waals surface area contributed by atoms with Crippen LogP contribution in [0.4, 0.5) is 0 Å². The Morgan fingerprint density at radius 1 is 1.15 bits per heavy atom. The first-order valence-corrected chi connectivity index (χ1v) is 13.8. The van der Waals surface area contributed by atoms with E-state index in [-0.39, 0.29) is 23.1 Å². The molecule has 10 atom stereocenters. The molecule has 3 nitrogen and oxygen atoms in total. The summed E-state index contributed by atoms with van der Waals surface area (Å²) in [5.41, 5.74) is 2.18. The summed E-state index contributed by atoms with van der Waals surface area (Å²) in [5.74, 6) is 3.81. The number of rotatable bonds is 5. The van der Waals surface area contributed by atoms with Gasteiger partial charge >= 0.3 is 5.97 Å². The number of esters is 1. The third-order valence-corrected chi connectivity index (χ3v) is 11.2. The summed E-state index contributed by atoms with van der Waals surface area (Å²) in [7, 11) is 0. The molecule has 1 aliphatic heterocycles. The smallest absolute Gasteiger partial charge is 0.302 e. The van der Waals surface area contributed by atoms with Gasteiger partial charge in [-0.15, -0.1) is 0 Å². The van der Waals surface area contributed by atoms with Crippen molar-refractivity contribution in [1.82, 2.24) is 0 Å². The highest BCUT2D eigenvalue weighted by atomic mass is 16.6. The molecule has 5 aliphatic rings. The van der Waals surface area contributed by atoms with Gasteiger partial charge in [-0.1, -0.05) is 59.8 Å². The number of allylic oxidation sites excluding steroid dienone is 3. The third-order valence-electron chi connectivity index (χ3n) is 11.2. The number of hydrogen-bond acceptors (Lipinski definition) is 3. The molecule has 33 heavy (non-hydrogen) atoms. The number of carbonyl (C=O) groups excluding carboxylic acids is 1. The second-order valence-electron chi connectivity index (χ2n) is 13.2. The molecule has 0 N–H and O–H groups in total. The van der Waals surface area contributed by atoms with Gasteiger partial charge in [0.1, 0.15) is 11.7 Å². The van der Waals surface area contributed by atoms with Crippen molar-refractivity contribution < 1.29 is 14.3 Å². The van der Waals surface area contributed by atoms with Gasteiger partial charge in [-0.2, -0.15) is 0 Å². The summed E-state index contributed by atoms with van der Waals surface area (Å²) in [6.07, 6.45) is 16.2. The Morgan fingerprint density at radius 3 is 2.61 bits per heavy atom. The zero-order valence-corrected chi connectivity index (χ0v) is 22.0. The number of fused-ring (bicyclic) bond motifs is 3. The van der Waals surface area contributed by atoms with E-state index in [0.717, 1.165) is 31.6 Å². The summed E-state index contributed by atoms with van der Waals surface area (Å²) in [6, 6.07) is 0. The fourth-order valence-electron chi connectivity index (χ4n) is 8.87. The fraction of sp³-hybridized carbons (Fsp3) is 0.833. The molecule has 0 aromatic rings. The molecular formula is C30H46O3. The molecule has 0 bridgehead atoms. The number of carbonyl (C=O) groups is 1. The molecule has 3 saturated carbocycles. The van der Waals surface area contributed by atoms with E-state index in [1.54, 1.807) is 12.5 Å². The summed E-state index contributed by atoms with van der Waals surface area (Å²) < 4.78 is 12.5. The van der Waals surface area contributed by atoms with Crippen LogP contribution in [0.15, 0.2) is 23.8 Å². The van der Waals surface area contributed by atoms with E-state index in [9.17, 15) is 4.79 Å². The second kappa shape index (κ2) is 7.97. The Hall–Kier alpha value is -1.09. The van der Waals surface area contributed by atoms with Crippen LogP contribution in [0.3, 0.4) is 0 Å². The minimum atomic E-state index is -0.134. The lowest BCUT2D eigenvalue weighted by Gasteiger charge is -2.55. The van der Waals surface area contributed by atoms with Crippen LogP contribution in [-0.2, 0) is 14.3 Å². The van der Waals surface area contributed by atoms with E-state index in [4.69, 9.17) is 9.47 Å². The van der Waals surface area contributed by atoms with E-state index in [1.165, 1.54) is 19.3 Å². The van der Waals surface area contributed by atoms with Crippen molar-refractivity contribution in [2.24, 2.45) is 46.3 Å². The van der Waals surface area contributed by atoms with Crippen molar-refractivity contribution in [2.75, 3.05) is 0 Å². The maximum atomic E-state index is 11.6.